The molecule has 1 unspecified atom stereocenters. The van der Waals surface area contributed by atoms with Gasteiger partial charge in [0.25, 0.3) is 0 Å². The van der Waals surface area contributed by atoms with Gasteiger partial charge in [0.1, 0.15) is 11.1 Å². The second-order valence-electron chi connectivity index (χ2n) is 4.99. The predicted molar refractivity (Wildman–Crippen MR) is 83.4 cm³/mol. The third-order valence-corrected chi connectivity index (χ3v) is 4.83. The normalized spacial score (nSPS) is 12.8. The first-order valence-corrected chi connectivity index (χ1v) is 7.86. The SMILES string of the molecule is CCC(SCCc1nc2cc(C)c(C)cc2[nH]1)C(=O)O. The van der Waals surface area contributed by atoms with Gasteiger partial charge in [-0.2, -0.15) is 0 Å². The number of H-pyrrole nitrogens is 1. The Morgan fingerprint density at radius 1 is 1.40 bits per heavy atom. The van der Waals surface area contributed by atoms with Gasteiger partial charge in [0, 0.05) is 12.2 Å². The molecule has 1 aromatic carbocycles. The van der Waals surface area contributed by atoms with E-state index < -0.39 is 5.97 Å². The fourth-order valence-corrected chi connectivity index (χ4v) is 3.08. The molecule has 5 heteroatoms. The zero-order chi connectivity index (χ0) is 14.7. The molecule has 0 saturated carbocycles. The molecular formula is C15H20N2O2S. The van der Waals surface area contributed by atoms with Crippen LogP contribution >= 0.6 is 11.8 Å². The minimum absolute atomic E-state index is 0.316. The Bertz CT molecular complexity index is 583. The van der Waals surface area contributed by atoms with E-state index in [1.165, 1.54) is 22.9 Å². The number of fused-ring (bicyclic) bond motifs is 1. The first-order chi connectivity index (χ1) is 9.51. The number of carboxylic acids is 1. The maximum absolute atomic E-state index is 10.9. The maximum atomic E-state index is 10.9. The molecule has 2 N–H and O–H groups in total. The topological polar surface area (TPSA) is 66.0 Å². The number of aromatic amines is 1. The van der Waals surface area contributed by atoms with Crippen molar-refractivity contribution in [2.24, 2.45) is 0 Å². The second-order valence-corrected chi connectivity index (χ2v) is 6.30. The summed E-state index contributed by atoms with van der Waals surface area (Å²) >= 11 is 1.48. The zero-order valence-electron chi connectivity index (χ0n) is 12.1. The average molecular weight is 292 g/mol. The first kappa shape index (κ1) is 14.9. The zero-order valence-corrected chi connectivity index (χ0v) is 12.9. The number of carboxylic acid groups (broad SMARTS) is 1. The van der Waals surface area contributed by atoms with Crippen LogP contribution < -0.4 is 0 Å². The molecule has 2 rings (SSSR count). The van der Waals surface area contributed by atoms with Crippen LogP contribution in [0.5, 0.6) is 0 Å². The molecular weight excluding hydrogens is 272 g/mol. The van der Waals surface area contributed by atoms with E-state index in [9.17, 15) is 4.79 Å². The van der Waals surface area contributed by atoms with Crippen LogP contribution in [0.25, 0.3) is 11.0 Å². The summed E-state index contributed by atoms with van der Waals surface area (Å²) in [7, 11) is 0. The lowest BCUT2D eigenvalue weighted by molar-refractivity contribution is -0.136. The van der Waals surface area contributed by atoms with Crippen LogP contribution in [-0.2, 0) is 11.2 Å². The average Bonchev–Trinajstić information content (AvgIpc) is 2.76. The van der Waals surface area contributed by atoms with Crippen LogP contribution in [0.4, 0.5) is 0 Å². The Kier molecular flexibility index (Phi) is 4.70. The number of aryl methyl sites for hydroxylation is 3. The summed E-state index contributed by atoms with van der Waals surface area (Å²) in [6, 6.07) is 4.20. The minimum atomic E-state index is -0.728. The summed E-state index contributed by atoms with van der Waals surface area (Å²) in [6.45, 7) is 6.07. The fourth-order valence-electron chi connectivity index (χ4n) is 2.10. The summed E-state index contributed by atoms with van der Waals surface area (Å²) in [5.41, 5.74) is 4.53. The first-order valence-electron chi connectivity index (χ1n) is 6.81. The van der Waals surface area contributed by atoms with Crippen molar-refractivity contribution in [3.63, 3.8) is 0 Å². The van der Waals surface area contributed by atoms with Gasteiger partial charge in [-0.3, -0.25) is 4.79 Å². The van der Waals surface area contributed by atoms with Crippen molar-refractivity contribution in [1.82, 2.24) is 9.97 Å². The fraction of sp³-hybridized carbons (Fsp3) is 0.467. The summed E-state index contributed by atoms with van der Waals surface area (Å²) in [4.78, 5) is 18.8. The van der Waals surface area contributed by atoms with Crippen molar-refractivity contribution in [1.29, 1.82) is 0 Å². The van der Waals surface area contributed by atoms with Crippen LogP contribution in [0.2, 0.25) is 0 Å². The highest BCUT2D eigenvalue weighted by Crippen LogP contribution is 2.19. The molecule has 1 aromatic heterocycles. The number of thioether (sulfide) groups is 1. The van der Waals surface area contributed by atoms with Crippen molar-refractivity contribution in [2.75, 3.05) is 5.75 Å². The molecule has 20 heavy (non-hydrogen) atoms. The number of hydrogen-bond donors (Lipinski definition) is 2. The lowest BCUT2D eigenvalue weighted by atomic mass is 10.1. The summed E-state index contributed by atoms with van der Waals surface area (Å²) < 4.78 is 0. The van der Waals surface area contributed by atoms with E-state index in [-0.39, 0.29) is 5.25 Å². The predicted octanol–water partition coefficient (Wildman–Crippen LogP) is 3.32. The van der Waals surface area contributed by atoms with Gasteiger partial charge >= 0.3 is 5.97 Å². The van der Waals surface area contributed by atoms with Gasteiger partial charge in [-0.1, -0.05) is 6.92 Å². The number of nitrogens with one attached hydrogen (secondary N) is 1. The summed E-state index contributed by atoms with van der Waals surface area (Å²) in [5, 5.41) is 8.69. The molecule has 0 amide bonds. The highest BCUT2D eigenvalue weighted by atomic mass is 32.2. The molecule has 4 nitrogen and oxygen atoms in total. The van der Waals surface area contributed by atoms with Crippen molar-refractivity contribution in [2.45, 2.75) is 38.9 Å². The van der Waals surface area contributed by atoms with Gasteiger partial charge < -0.3 is 10.1 Å². The van der Waals surface area contributed by atoms with Crippen molar-refractivity contribution < 1.29 is 9.90 Å². The van der Waals surface area contributed by atoms with Gasteiger partial charge in [0.05, 0.1) is 11.0 Å². The molecule has 0 fully saturated rings. The highest BCUT2D eigenvalue weighted by Gasteiger charge is 2.15. The molecule has 0 aliphatic rings. The Hall–Kier alpha value is -1.49. The van der Waals surface area contributed by atoms with Crippen LogP contribution in [0.15, 0.2) is 12.1 Å². The number of carbonyl (C=O) groups is 1. The van der Waals surface area contributed by atoms with Gasteiger partial charge in [0.2, 0.25) is 0 Å². The molecule has 0 radical (unpaired) electrons. The molecule has 0 aliphatic heterocycles. The standard InChI is InChI=1S/C15H20N2O2S/c1-4-13(15(18)19)20-6-5-14-16-11-7-9(2)10(3)8-12(11)17-14/h7-8,13H,4-6H2,1-3H3,(H,16,17)(H,18,19). The monoisotopic (exact) mass is 292 g/mol. The largest absolute Gasteiger partial charge is 0.480 e. The van der Waals surface area contributed by atoms with E-state index in [4.69, 9.17) is 5.11 Å². The Labute approximate surface area is 123 Å². The number of imidazole rings is 1. The van der Waals surface area contributed by atoms with Gasteiger partial charge in [-0.05, 0) is 43.5 Å². The third kappa shape index (κ3) is 3.33. The van der Waals surface area contributed by atoms with E-state index in [2.05, 4.69) is 35.9 Å². The van der Waals surface area contributed by atoms with E-state index in [1.807, 2.05) is 6.92 Å². The van der Waals surface area contributed by atoms with Gasteiger partial charge in [0.15, 0.2) is 0 Å². The van der Waals surface area contributed by atoms with Crippen molar-refractivity contribution >= 4 is 28.8 Å². The van der Waals surface area contributed by atoms with E-state index in [0.717, 1.165) is 29.0 Å². The second kappa shape index (κ2) is 6.31. The molecule has 2 aromatic rings. The van der Waals surface area contributed by atoms with E-state index in [0.29, 0.717) is 6.42 Å². The van der Waals surface area contributed by atoms with E-state index >= 15 is 0 Å². The Morgan fingerprint density at radius 3 is 2.75 bits per heavy atom. The molecule has 0 aliphatic carbocycles. The van der Waals surface area contributed by atoms with Crippen molar-refractivity contribution in [3.05, 3.63) is 29.1 Å². The lowest BCUT2D eigenvalue weighted by Crippen LogP contribution is -2.15. The number of nitrogens with zero attached hydrogens (tertiary/aromatic N) is 1. The third-order valence-electron chi connectivity index (χ3n) is 3.45. The Balaban J connectivity index is 2.02. The van der Waals surface area contributed by atoms with Gasteiger partial charge in [-0.25, -0.2) is 4.98 Å². The maximum Gasteiger partial charge on any atom is 0.316 e. The molecule has 108 valence electrons. The Morgan fingerprint density at radius 2 is 2.10 bits per heavy atom. The number of rotatable bonds is 6. The summed E-state index contributed by atoms with van der Waals surface area (Å²) in [6.07, 6.45) is 1.42. The quantitative estimate of drug-likeness (QED) is 0.857. The van der Waals surface area contributed by atoms with E-state index in [1.54, 1.807) is 0 Å². The van der Waals surface area contributed by atoms with Crippen LogP contribution in [0.1, 0.15) is 30.3 Å². The van der Waals surface area contributed by atoms with Crippen LogP contribution in [0, 0.1) is 13.8 Å². The molecule has 1 atom stereocenters. The van der Waals surface area contributed by atoms with Crippen molar-refractivity contribution in [3.8, 4) is 0 Å². The smallest absolute Gasteiger partial charge is 0.316 e. The number of hydrogen-bond acceptors (Lipinski definition) is 3. The number of benzene rings is 1. The summed E-state index contributed by atoms with van der Waals surface area (Å²) in [5.74, 6) is 0.967. The van der Waals surface area contributed by atoms with Crippen LogP contribution in [0.3, 0.4) is 0 Å². The number of aliphatic carboxylic acids is 1. The lowest BCUT2D eigenvalue weighted by Gasteiger charge is -2.07. The minimum Gasteiger partial charge on any atom is -0.480 e. The molecule has 0 saturated heterocycles. The number of aromatic nitrogens is 2. The molecule has 1 heterocycles. The van der Waals surface area contributed by atoms with Crippen LogP contribution in [-0.4, -0.2) is 32.0 Å². The molecule has 0 bridgehead atoms. The highest BCUT2D eigenvalue weighted by molar-refractivity contribution is 8.00. The van der Waals surface area contributed by atoms with Gasteiger partial charge in [-0.15, -0.1) is 11.8 Å². The molecule has 0 spiro atoms.